The minimum atomic E-state index is -4.73. The van der Waals surface area contributed by atoms with E-state index in [1.54, 1.807) is 24.3 Å². The van der Waals surface area contributed by atoms with Gasteiger partial charge in [-0.1, -0.05) is 24.3 Å². The number of hydrogen-bond acceptors (Lipinski definition) is 3. The molecule has 12 heteroatoms. The van der Waals surface area contributed by atoms with Crippen molar-refractivity contribution < 1.29 is 36.2 Å². The van der Waals surface area contributed by atoms with Gasteiger partial charge in [-0.25, -0.2) is 18.0 Å². The van der Waals surface area contributed by atoms with Crippen molar-refractivity contribution in [3.8, 4) is 11.3 Å². The Hall–Kier alpha value is -4.22. The van der Waals surface area contributed by atoms with E-state index in [1.165, 1.54) is 17.0 Å². The first-order chi connectivity index (χ1) is 19.6. The van der Waals surface area contributed by atoms with Crippen LogP contribution in [0.1, 0.15) is 38.3 Å². The molecule has 0 spiro atoms. The van der Waals surface area contributed by atoms with Gasteiger partial charge in [0.1, 0.15) is 23.0 Å². The summed E-state index contributed by atoms with van der Waals surface area (Å²) in [4.78, 5) is 15.4. The van der Waals surface area contributed by atoms with Crippen LogP contribution in [0, 0.1) is 17.5 Å². The molecular formula is C30H28F6N4O2. The van der Waals surface area contributed by atoms with Gasteiger partial charge < -0.3 is 10.0 Å². The van der Waals surface area contributed by atoms with Crippen molar-refractivity contribution in [1.82, 2.24) is 14.7 Å². The number of alkyl halides is 3. The SMILES string of the molecule is CC(C)(C)N(C(=O)O)[C@H]1CCN(c2ccc(-c3c4cccc(C(F)(F)F)c4nn3Cc3c(F)cc(F)cc3F)cc2)C1. The topological polar surface area (TPSA) is 61.6 Å². The van der Waals surface area contributed by atoms with Gasteiger partial charge in [-0.15, -0.1) is 0 Å². The van der Waals surface area contributed by atoms with Gasteiger partial charge in [0.25, 0.3) is 0 Å². The largest absolute Gasteiger partial charge is 0.465 e. The average Bonchev–Trinajstić information content (AvgIpc) is 3.49. The zero-order valence-electron chi connectivity index (χ0n) is 23.0. The molecule has 1 saturated heterocycles. The van der Waals surface area contributed by atoms with Gasteiger partial charge in [0.2, 0.25) is 0 Å². The molecule has 1 fully saturated rings. The van der Waals surface area contributed by atoms with Crippen LogP contribution < -0.4 is 4.90 Å². The fourth-order valence-corrected chi connectivity index (χ4v) is 5.68. The van der Waals surface area contributed by atoms with Crippen molar-refractivity contribution in [3.63, 3.8) is 0 Å². The first-order valence-electron chi connectivity index (χ1n) is 13.2. The van der Waals surface area contributed by atoms with Gasteiger partial charge >= 0.3 is 12.3 Å². The van der Waals surface area contributed by atoms with E-state index in [0.717, 1.165) is 16.4 Å². The molecule has 42 heavy (non-hydrogen) atoms. The quantitative estimate of drug-likeness (QED) is 0.244. The molecule has 1 amide bonds. The van der Waals surface area contributed by atoms with E-state index in [1.807, 2.05) is 25.7 Å². The van der Waals surface area contributed by atoms with Crippen molar-refractivity contribution in [1.29, 1.82) is 0 Å². The first kappa shape index (κ1) is 29.3. The third-order valence-electron chi connectivity index (χ3n) is 7.45. The van der Waals surface area contributed by atoms with Crippen LogP contribution in [0.4, 0.5) is 36.8 Å². The molecule has 4 aromatic rings. The van der Waals surface area contributed by atoms with Crippen molar-refractivity contribution in [2.75, 3.05) is 18.0 Å². The Morgan fingerprint density at radius 3 is 2.24 bits per heavy atom. The van der Waals surface area contributed by atoms with E-state index < -0.39 is 52.9 Å². The summed E-state index contributed by atoms with van der Waals surface area (Å²) in [5.74, 6) is -3.48. The lowest BCUT2D eigenvalue weighted by atomic mass is 10.0. The maximum Gasteiger partial charge on any atom is 0.418 e. The summed E-state index contributed by atoms with van der Waals surface area (Å²) in [6.45, 7) is 5.98. The highest BCUT2D eigenvalue weighted by Gasteiger charge is 2.38. The highest BCUT2D eigenvalue weighted by Crippen LogP contribution is 2.39. The highest BCUT2D eigenvalue weighted by atomic mass is 19.4. The maximum absolute atomic E-state index is 14.5. The second-order valence-electron chi connectivity index (χ2n) is 11.3. The van der Waals surface area contributed by atoms with Gasteiger partial charge in [0.05, 0.1) is 23.8 Å². The third-order valence-corrected chi connectivity index (χ3v) is 7.45. The van der Waals surface area contributed by atoms with Gasteiger partial charge in [0.15, 0.2) is 0 Å². The van der Waals surface area contributed by atoms with E-state index in [-0.39, 0.29) is 22.6 Å². The van der Waals surface area contributed by atoms with E-state index in [4.69, 9.17) is 0 Å². The van der Waals surface area contributed by atoms with Crippen molar-refractivity contribution >= 4 is 22.7 Å². The van der Waals surface area contributed by atoms with Crippen molar-refractivity contribution in [3.05, 3.63) is 83.2 Å². The summed E-state index contributed by atoms with van der Waals surface area (Å²) >= 11 is 0. The molecule has 3 aromatic carbocycles. The minimum absolute atomic E-state index is 0.129. The smallest absolute Gasteiger partial charge is 0.418 e. The zero-order valence-corrected chi connectivity index (χ0v) is 23.0. The van der Waals surface area contributed by atoms with Crippen LogP contribution in [0.25, 0.3) is 22.2 Å². The molecular weight excluding hydrogens is 562 g/mol. The van der Waals surface area contributed by atoms with Crippen molar-refractivity contribution in [2.45, 2.75) is 51.5 Å². The number of carbonyl (C=O) groups is 1. The molecule has 1 aliphatic rings. The Kier molecular flexibility index (Phi) is 7.36. The summed E-state index contributed by atoms with van der Waals surface area (Å²) in [5, 5.41) is 14.0. The minimum Gasteiger partial charge on any atom is -0.465 e. The Balaban J connectivity index is 1.54. The van der Waals surface area contributed by atoms with Crippen LogP contribution in [-0.4, -0.2) is 50.6 Å². The molecule has 1 aliphatic heterocycles. The number of hydrogen-bond donors (Lipinski definition) is 1. The van der Waals surface area contributed by atoms with Crippen LogP contribution in [-0.2, 0) is 12.7 Å². The molecule has 0 bridgehead atoms. The van der Waals surface area contributed by atoms with Crippen LogP contribution in [0.15, 0.2) is 54.6 Å². The van der Waals surface area contributed by atoms with Gasteiger partial charge in [-0.3, -0.25) is 9.58 Å². The summed E-state index contributed by atoms with van der Waals surface area (Å²) in [7, 11) is 0. The van der Waals surface area contributed by atoms with Gasteiger partial charge in [-0.2, -0.15) is 18.3 Å². The molecule has 1 aromatic heterocycles. The number of rotatable bonds is 5. The highest BCUT2D eigenvalue weighted by molar-refractivity contribution is 5.95. The number of benzene rings is 3. The normalized spacial score (nSPS) is 15.9. The van der Waals surface area contributed by atoms with Gasteiger partial charge in [0, 0.05) is 53.0 Å². The Morgan fingerprint density at radius 1 is 1.02 bits per heavy atom. The fraction of sp³-hybridized carbons (Fsp3) is 0.333. The summed E-state index contributed by atoms with van der Waals surface area (Å²) in [5.41, 5.74) is -1.08. The van der Waals surface area contributed by atoms with Crippen LogP contribution in [0.2, 0.25) is 0 Å². The predicted molar refractivity (Wildman–Crippen MR) is 146 cm³/mol. The molecule has 5 rings (SSSR count). The summed E-state index contributed by atoms with van der Waals surface area (Å²) < 4.78 is 85.2. The molecule has 0 unspecified atom stereocenters. The van der Waals surface area contributed by atoms with Crippen molar-refractivity contribution in [2.24, 2.45) is 0 Å². The van der Waals surface area contributed by atoms with Crippen LogP contribution in [0.5, 0.6) is 0 Å². The molecule has 222 valence electrons. The number of halogens is 6. The Morgan fingerprint density at radius 2 is 1.67 bits per heavy atom. The number of anilines is 1. The lowest BCUT2D eigenvalue weighted by Gasteiger charge is -2.38. The number of amides is 1. The third kappa shape index (κ3) is 5.49. The molecule has 0 radical (unpaired) electrons. The Labute approximate surface area is 237 Å². The number of fused-ring (bicyclic) bond motifs is 1. The summed E-state index contributed by atoms with van der Waals surface area (Å²) in [6.07, 6.45) is -5.11. The van der Waals surface area contributed by atoms with E-state index >= 15 is 0 Å². The first-order valence-corrected chi connectivity index (χ1v) is 13.2. The second-order valence-corrected chi connectivity index (χ2v) is 11.3. The van der Waals surface area contributed by atoms with Gasteiger partial charge in [-0.05, 0) is 45.4 Å². The number of aromatic nitrogens is 2. The zero-order chi connectivity index (χ0) is 30.6. The van der Waals surface area contributed by atoms with Crippen LogP contribution in [0.3, 0.4) is 0 Å². The number of carboxylic acid groups (broad SMARTS) is 1. The fourth-order valence-electron chi connectivity index (χ4n) is 5.68. The molecule has 1 atom stereocenters. The molecule has 0 saturated carbocycles. The van der Waals surface area contributed by atoms with Crippen LogP contribution >= 0.6 is 0 Å². The monoisotopic (exact) mass is 590 g/mol. The molecule has 2 heterocycles. The molecule has 6 nitrogen and oxygen atoms in total. The lowest BCUT2D eigenvalue weighted by Crippen LogP contribution is -2.52. The Bertz CT molecular complexity index is 1620. The van der Waals surface area contributed by atoms with E-state index in [0.29, 0.717) is 37.2 Å². The van der Waals surface area contributed by atoms with E-state index in [9.17, 15) is 36.2 Å². The molecule has 1 N–H and O–H groups in total. The molecule has 0 aliphatic carbocycles. The number of nitrogens with zero attached hydrogens (tertiary/aromatic N) is 4. The maximum atomic E-state index is 14.5. The predicted octanol–water partition coefficient (Wildman–Crippen LogP) is 7.54. The standard InChI is InChI=1S/C30H28F6N4O2/c1-29(2,3)40(28(41)42)20-11-12-38(15-20)19-9-7-17(8-10-19)27-21-5-4-6-23(30(34,35)36)26(21)37-39(27)16-22-24(32)13-18(31)14-25(22)33/h4-10,13-14,20H,11-12,15-16H2,1-3H3,(H,41,42)/t20-/m0/s1. The summed E-state index contributed by atoms with van der Waals surface area (Å²) in [6, 6.07) is 11.2. The van der Waals surface area contributed by atoms with E-state index in [2.05, 4.69) is 5.10 Å². The second kappa shape index (κ2) is 10.6. The average molecular weight is 591 g/mol. The lowest BCUT2D eigenvalue weighted by molar-refractivity contribution is -0.136.